The Kier molecular flexibility index (Phi) is 2.80. The smallest absolute Gasteiger partial charge is 0.199 e. The zero-order chi connectivity index (χ0) is 13.4. The SMILES string of the molecule is O=C(c1ccc(Cl)cc1F)c1cnn2ccccc12. The van der Waals surface area contributed by atoms with Crippen LogP contribution in [0.5, 0.6) is 0 Å². The number of hydrogen-bond acceptors (Lipinski definition) is 2. The van der Waals surface area contributed by atoms with Crippen LogP contribution in [0.3, 0.4) is 0 Å². The van der Waals surface area contributed by atoms with E-state index >= 15 is 0 Å². The minimum atomic E-state index is -0.632. The number of carbonyl (C=O) groups is 1. The van der Waals surface area contributed by atoms with Gasteiger partial charge in [0.25, 0.3) is 0 Å². The summed E-state index contributed by atoms with van der Waals surface area (Å²) in [7, 11) is 0. The van der Waals surface area contributed by atoms with Crippen molar-refractivity contribution in [1.82, 2.24) is 9.61 Å². The van der Waals surface area contributed by atoms with E-state index in [1.807, 2.05) is 0 Å². The molecule has 3 aromatic rings. The fourth-order valence-electron chi connectivity index (χ4n) is 1.93. The number of fused-ring (bicyclic) bond motifs is 1. The van der Waals surface area contributed by atoms with E-state index in [0.29, 0.717) is 11.1 Å². The van der Waals surface area contributed by atoms with Crippen molar-refractivity contribution in [1.29, 1.82) is 0 Å². The maximum atomic E-state index is 13.8. The fraction of sp³-hybridized carbons (Fsp3) is 0. The minimum Gasteiger partial charge on any atom is -0.288 e. The van der Waals surface area contributed by atoms with Gasteiger partial charge in [-0.15, -0.1) is 0 Å². The molecule has 3 rings (SSSR count). The van der Waals surface area contributed by atoms with Gasteiger partial charge in [-0.2, -0.15) is 5.10 Å². The lowest BCUT2D eigenvalue weighted by Gasteiger charge is -2.02. The van der Waals surface area contributed by atoms with E-state index in [4.69, 9.17) is 11.6 Å². The first-order chi connectivity index (χ1) is 9.16. The Morgan fingerprint density at radius 1 is 1.21 bits per heavy atom. The molecule has 0 saturated carbocycles. The molecule has 3 nitrogen and oxygen atoms in total. The first kappa shape index (κ1) is 11.9. The van der Waals surface area contributed by atoms with Crippen molar-refractivity contribution >= 4 is 22.9 Å². The van der Waals surface area contributed by atoms with Crippen LogP contribution in [0.4, 0.5) is 4.39 Å². The summed E-state index contributed by atoms with van der Waals surface area (Å²) in [5.41, 5.74) is 0.992. The number of rotatable bonds is 2. The van der Waals surface area contributed by atoms with Crippen LogP contribution in [0.25, 0.3) is 5.52 Å². The molecule has 1 aromatic carbocycles. The number of hydrogen-bond donors (Lipinski definition) is 0. The Balaban J connectivity index is 2.13. The van der Waals surface area contributed by atoms with Crippen molar-refractivity contribution in [3.8, 4) is 0 Å². The minimum absolute atomic E-state index is 0.0110. The lowest BCUT2D eigenvalue weighted by Crippen LogP contribution is -2.03. The van der Waals surface area contributed by atoms with E-state index in [1.165, 1.54) is 18.3 Å². The number of aromatic nitrogens is 2. The molecule has 0 unspecified atom stereocenters. The highest BCUT2D eigenvalue weighted by Crippen LogP contribution is 2.20. The number of nitrogens with zero attached hydrogens (tertiary/aromatic N) is 2. The van der Waals surface area contributed by atoms with Crippen LogP contribution in [0.2, 0.25) is 5.02 Å². The average Bonchev–Trinajstić information content (AvgIpc) is 2.82. The summed E-state index contributed by atoms with van der Waals surface area (Å²) in [6.45, 7) is 0. The molecule has 0 atom stereocenters. The van der Waals surface area contributed by atoms with Gasteiger partial charge >= 0.3 is 0 Å². The lowest BCUT2D eigenvalue weighted by molar-refractivity contribution is 0.103. The van der Waals surface area contributed by atoms with Crippen molar-refractivity contribution in [3.63, 3.8) is 0 Å². The molecule has 5 heteroatoms. The molecule has 2 aromatic heterocycles. The quantitative estimate of drug-likeness (QED) is 0.672. The molecule has 0 fully saturated rings. The van der Waals surface area contributed by atoms with Gasteiger partial charge in [-0.1, -0.05) is 17.7 Å². The Morgan fingerprint density at radius 3 is 2.84 bits per heavy atom. The Hall–Kier alpha value is -2.20. The zero-order valence-corrected chi connectivity index (χ0v) is 10.4. The largest absolute Gasteiger partial charge is 0.288 e. The Morgan fingerprint density at radius 2 is 2.05 bits per heavy atom. The predicted molar refractivity (Wildman–Crippen MR) is 70.0 cm³/mol. The van der Waals surface area contributed by atoms with Gasteiger partial charge < -0.3 is 0 Å². The highest BCUT2D eigenvalue weighted by Gasteiger charge is 2.18. The molecule has 19 heavy (non-hydrogen) atoms. The molecule has 0 radical (unpaired) electrons. The Labute approximate surface area is 113 Å². The summed E-state index contributed by atoms with van der Waals surface area (Å²) in [4.78, 5) is 12.3. The van der Waals surface area contributed by atoms with Gasteiger partial charge in [-0.25, -0.2) is 8.91 Å². The summed E-state index contributed by atoms with van der Waals surface area (Å²) in [6.07, 6.45) is 3.16. The summed E-state index contributed by atoms with van der Waals surface area (Å²) in [6, 6.07) is 9.35. The standard InChI is InChI=1S/C14H8ClFN2O/c15-9-4-5-10(12(16)7-9)14(19)11-8-17-18-6-2-1-3-13(11)18/h1-8H. The maximum Gasteiger partial charge on any atom is 0.199 e. The van der Waals surface area contributed by atoms with Crippen molar-refractivity contribution in [2.24, 2.45) is 0 Å². The highest BCUT2D eigenvalue weighted by molar-refractivity contribution is 6.30. The molecular formula is C14H8ClFN2O. The van der Waals surface area contributed by atoms with Gasteiger partial charge in [0.15, 0.2) is 5.78 Å². The molecule has 2 heterocycles. The second-order valence-corrected chi connectivity index (χ2v) is 4.48. The lowest BCUT2D eigenvalue weighted by atomic mass is 10.0. The molecule has 0 N–H and O–H groups in total. The van der Waals surface area contributed by atoms with E-state index in [0.717, 1.165) is 6.07 Å². The number of ketones is 1. The molecule has 0 amide bonds. The first-order valence-corrected chi connectivity index (χ1v) is 5.97. The highest BCUT2D eigenvalue weighted by atomic mass is 35.5. The summed E-state index contributed by atoms with van der Waals surface area (Å²) in [5, 5.41) is 4.32. The van der Waals surface area contributed by atoms with Crippen molar-refractivity contribution in [2.45, 2.75) is 0 Å². The molecule has 0 spiro atoms. The summed E-state index contributed by atoms with van der Waals surface area (Å²) in [5.74, 6) is -1.04. The van der Waals surface area contributed by atoms with Crippen molar-refractivity contribution in [2.75, 3.05) is 0 Å². The van der Waals surface area contributed by atoms with Crippen LogP contribution in [-0.2, 0) is 0 Å². The molecule has 0 aliphatic heterocycles. The third kappa shape index (κ3) is 2.00. The Bertz CT molecular complexity index is 782. The fourth-order valence-corrected chi connectivity index (χ4v) is 2.09. The summed E-state index contributed by atoms with van der Waals surface area (Å²) >= 11 is 5.67. The van der Waals surface area contributed by atoms with Crippen molar-refractivity contribution < 1.29 is 9.18 Å². The maximum absolute atomic E-state index is 13.8. The van der Waals surface area contributed by atoms with E-state index in [2.05, 4.69) is 5.10 Å². The van der Waals surface area contributed by atoms with E-state index in [9.17, 15) is 9.18 Å². The number of pyridine rings is 1. The van der Waals surface area contributed by atoms with E-state index in [1.54, 1.807) is 28.9 Å². The van der Waals surface area contributed by atoms with Gasteiger partial charge in [0.1, 0.15) is 5.82 Å². The third-order valence-electron chi connectivity index (χ3n) is 2.85. The second-order valence-electron chi connectivity index (χ2n) is 4.04. The predicted octanol–water partition coefficient (Wildman–Crippen LogP) is 3.36. The number of carbonyl (C=O) groups excluding carboxylic acids is 1. The van der Waals surface area contributed by atoms with Crippen molar-refractivity contribution in [3.05, 3.63) is 70.8 Å². The first-order valence-electron chi connectivity index (χ1n) is 5.59. The molecule has 0 aliphatic carbocycles. The normalized spacial score (nSPS) is 10.8. The zero-order valence-electron chi connectivity index (χ0n) is 9.68. The molecular weight excluding hydrogens is 267 g/mol. The monoisotopic (exact) mass is 274 g/mol. The average molecular weight is 275 g/mol. The molecule has 0 aliphatic rings. The third-order valence-corrected chi connectivity index (χ3v) is 3.08. The molecule has 0 bridgehead atoms. The van der Waals surface area contributed by atoms with E-state index in [-0.39, 0.29) is 10.6 Å². The van der Waals surface area contributed by atoms with Crippen LogP contribution in [-0.4, -0.2) is 15.4 Å². The number of halogens is 2. The summed E-state index contributed by atoms with van der Waals surface area (Å²) < 4.78 is 15.3. The second kappa shape index (κ2) is 4.48. The van der Waals surface area contributed by atoms with Gasteiger partial charge in [-0.05, 0) is 30.3 Å². The molecule has 94 valence electrons. The number of benzene rings is 1. The van der Waals surface area contributed by atoms with Crippen LogP contribution >= 0.6 is 11.6 Å². The van der Waals surface area contributed by atoms with Crippen LogP contribution in [0, 0.1) is 5.82 Å². The van der Waals surface area contributed by atoms with Gasteiger partial charge in [-0.3, -0.25) is 4.79 Å². The van der Waals surface area contributed by atoms with Crippen LogP contribution < -0.4 is 0 Å². The van der Waals surface area contributed by atoms with E-state index < -0.39 is 11.6 Å². The van der Waals surface area contributed by atoms with Gasteiger partial charge in [0, 0.05) is 11.2 Å². The van der Waals surface area contributed by atoms with Crippen LogP contribution in [0.15, 0.2) is 48.8 Å². The molecule has 0 saturated heterocycles. The topological polar surface area (TPSA) is 34.4 Å². The van der Waals surface area contributed by atoms with Gasteiger partial charge in [0.05, 0.1) is 22.8 Å². The van der Waals surface area contributed by atoms with Gasteiger partial charge in [0.2, 0.25) is 0 Å². The van der Waals surface area contributed by atoms with Crippen LogP contribution in [0.1, 0.15) is 15.9 Å².